The van der Waals surface area contributed by atoms with Gasteiger partial charge in [0, 0.05) is 17.9 Å². The molecule has 0 spiro atoms. The molecule has 1 aromatic rings. The van der Waals surface area contributed by atoms with Crippen LogP contribution in [0.5, 0.6) is 0 Å². The molecule has 1 saturated heterocycles. The van der Waals surface area contributed by atoms with Crippen molar-refractivity contribution in [3.8, 4) is 0 Å². The van der Waals surface area contributed by atoms with Gasteiger partial charge >= 0.3 is 0 Å². The highest BCUT2D eigenvalue weighted by atomic mass is 32.2. The van der Waals surface area contributed by atoms with Gasteiger partial charge in [-0.1, -0.05) is 0 Å². The summed E-state index contributed by atoms with van der Waals surface area (Å²) in [6.45, 7) is 0. The number of anilines is 1. The quantitative estimate of drug-likeness (QED) is 0.492. The lowest BCUT2D eigenvalue weighted by Crippen LogP contribution is -2.38. The number of nitrogen functional groups attached to an aromatic ring is 1. The monoisotopic (exact) mass is 317 g/mol. The maximum atomic E-state index is 12.2. The fourth-order valence-electron chi connectivity index (χ4n) is 1.97. The van der Waals surface area contributed by atoms with E-state index in [1.165, 1.54) is 12.1 Å². The molecule has 0 saturated carbocycles. The molecule has 0 aromatic heterocycles. The Balaban J connectivity index is 2.24. The zero-order chi connectivity index (χ0) is 14.8. The van der Waals surface area contributed by atoms with E-state index in [-0.39, 0.29) is 16.6 Å². The van der Waals surface area contributed by atoms with Crippen LogP contribution in [-0.4, -0.2) is 30.9 Å². The summed E-state index contributed by atoms with van der Waals surface area (Å²) in [4.78, 5) is 9.98. The molecule has 1 heterocycles. The summed E-state index contributed by atoms with van der Waals surface area (Å²) >= 11 is 1.69. The number of nitro groups is 1. The standard InChI is InChI=1S/C11H15N3O4S2/c12-10-4-3-9(6-11(10)14(15)16)20(17,18)13-8-2-1-5-19-7-8/h3-4,6,8,13H,1-2,5,7,12H2. The van der Waals surface area contributed by atoms with Gasteiger partial charge in [-0.25, -0.2) is 13.1 Å². The Morgan fingerprint density at radius 3 is 2.80 bits per heavy atom. The van der Waals surface area contributed by atoms with Crippen molar-refractivity contribution >= 4 is 33.2 Å². The zero-order valence-corrected chi connectivity index (χ0v) is 12.2. The van der Waals surface area contributed by atoms with Crippen molar-refractivity contribution in [1.29, 1.82) is 0 Å². The first-order valence-corrected chi connectivity index (χ1v) is 8.68. The predicted octanol–water partition coefficient (Wildman–Crippen LogP) is 1.35. The normalized spacial score (nSPS) is 19.7. The van der Waals surface area contributed by atoms with Crippen molar-refractivity contribution < 1.29 is 13.3 Å². The Morgan fingerprint density at radius 2 is 2.20 bits per heavy atom. The zero-order valence-electron chi connectivity index (χ0n) is 10.6. The van der Waals surface area contributed by atoms with E-state index in [9.17, 15) is 18.5 Å². The summed E-state index contributed by atoms with van der Waals surface area (Å²) in [6.07, 6.45) is 1.74. The molecule has 3 N–H and O–H groups in total. The number of rotatable bonds is 4. The van der Waals surface area contributed by atoms with Crippen LogP contribution < -0.4 is 10.5 Å². The SMILES string of the molecule is Nc1ccc(S(=O)(=O)NC2CCCSC2)cc1[N+](=O)[O-]. The summed E-state index contributed by atoms with van der Waals surface area (Å²) in [7, 11) is -3.76. The average molecular weight is 317 g/mol. The van der Waals surface area contributed by atoms with Gasteiger partial charge in [0.1, 0.15) is 5.69 Å². The van der Waals surface area contributed by atoms with Crippen molar-refractivity contribution in [2.24, 2.45) is 0 Å². The minimum Gasteiger partial charge on any atom is -0.393 e. The van der Waals surface area contributed by atoms with Crippen LogP contribution in [0.3, 0.4) is 0 Å². The van der Waals surface area contributed by atoms with Crippen LogP contribution in [0.1, 0.15) is 12.8 Å². The molecule has 1 aliphatic heterocycles. The molecule has 9 heteroatoms. The van der Waals surface area contributed by atoms with Crippen molar-refractivity contribution in [3.63, 3.8) is 0 Å². The van der Waals surface area contributed by atoms with Gasteiger partial charge < -0.3 is 5.73 Å². The second kappa shape index (κ2) is 5.98. The fraction of sp³-hybridized carbons (Fsp3) is 0.455. The van der Waals surface area contributed by atoms with Gasteiger partial charge in [0.25, 0.3) is 5.69 Å². The third kappa shape index (κ3) is 3.41. The minimum atomic E-state index is -3.76. The number of nitrogens with one attached hydrogen (secondary N) is 1. The maximum absolute atomic E-state index is 12.2. The van der Waals surface area contributed by atoms with Crippen LogP contribution in [0, 0.1) is 10.1 Å². The number of thioether (sulfide) groups is 1. The number of sulfonamides is 1. The number of hydrogen-bond donors (Lipinski definition) is 2. The number of nitro benzene ring substituents is 1. The van der Waals surface area contributed by atoms with E-state index in [1.807, 2.05) is 0 Å². The second-order valence-corrected chi connectivity index (χ2v) is 7.38. The molecule has 0 bridgehead atoms. The molecule has 0 amide bonds. The second-order valence-electron chi connectivity index (χ2n) is 4.51. The minimum absolute atomic E-state index is 0.0535. The van der Waals surface area contributed by atoms with E-state index in [2.05, 4.69) is 4.72 Å². The van der Waals surface area contributed by atoms with Crippen LogP contribution in [0.25, 0.3) is 0 Å². The molecule has 1 fully saturated rings. The summed E-state index contributed by atoms with van der Waals surface area (Å²) < 4.78 is 27.0. The van der Waals surface area contributed by atoms with E-state index >= 15 is 0 Å². The highest BCUT2D eigenvalue weighted by Gasteiger charge is 2.24. The van der Waals surface area contributed by atoms with Gasteiger partial charge in [-0.2, -0.15) is 11.8 Å². The van der Waals surface area contributed by atoms with Crippen LogP contribution in [0.15, 0.2) is 23.1 Å². The molecule has 7 nitrogen and oxygen atoms in total. The molecule has 2 rings (SSSR count). The van der Waals surface area contributed by atoms with Gasteiger partial charge in [-0.15, -0.1) is 0 Å². The molecule has 0 radical (unpaired) electrons. The average Bonchev–Trinajstić information content (AvgIpc) is 2.39. The van der Waals surface area contributed by atoms with Crippen LogP contribution in [-0.2, 0) is 10.0 Å². The Morgan fingerprint density at radius 1 is 1.45 bits per heavy atom. The van der Waals surface area contributed by atoms with Crippen LogP contribution in [0.4, 0.5) is 11.4 Å². The summed E-state index contributed by atoms with van der Waals surface area (Å²) in [5.74, 6) is 1.75. The first-order chi connectivity index (χ1) is 9.40. The lowest BCUT2D eigenvalue weighted by molar-refractivity contribution is -0.384. The Hall–Kier alpha value is -1.32. The van der Waals surface area contributed by atoms with Gasteiger partial charge in [-0.3, -0.25) is 10.1 Å². The van der Waals surface area contributed by atoms with Gasteiger partial charge in [-0.05, 0) is 30.7 Å². The van der Waals surface area contributed by atoms with Gasteiger partial charge in [0.15, 0.2) is 0 Å². The summed E-state index contributed by atoms with van der Waals surface area (Å²) in [6, 6.07) is 3.38. The van der Waals surface area contributed by atoms with E-state index in [0.29, 0.717) is 0 Å². The Labute approximate surface area is 121 Å². The van der Waals surface area contributed by atoms with E-state index in [1.54, 1.807) is 11.8 Å². The molecule has 1 aromatic carbocycles. The fourth-order valence-corrected chi connectivity index (χ4v) is 4.44. The molecule has 20 heavy (non-hydrogen) atoms. The van der Waals surface area contributed by atoms with Crippen molar-refractivity contribution in [3.05, 3.63) is 28.3 Å². The molecular formula is C11H15N3O4S2. The predicted molar refractivity (Wildman–Crippen MR) is 78.2 cm³/mol. The Bertz CT molecular complexity index is 612. The number of benzene rings is 1. The van der Waals surface area contributed by atoms with E-state index < -0.39 is 20.6 Å². The molecular weight excluding hydrogens is 302 g/mol. The topological polar surface area (TPSA) is 115 Å². The number of hydrogen-bond acceptors (Lipinski definition) is 6. The third-order valence-corrected chi connectivity index (χ3v) is 5.72. The van der Waals surface area contributed by atoms with Gasteiger partial charge in [0.05, 0.1) is 9.82 Å². The van der Waals surface area contributed by atoms with Gasteiger partial charge in [0.2, 0.25) is 10.0 Å². The van der Waals surface area contributed by atoms with Crippen molar-refractivity contribution in [2.45, 2.75) is 23.8 Å². The molecule has 1 atom stereocenters. The van der Waals surface area contributed by atoms with Crippen LogP contribution in [0.2, 0.25) is 0 Å². The van der Waals surface area contributed by atoms with Crippen LogP contribution >= 0.6 is 11.8 Å². The van der Waals surface area contributed by atoms with E-state index in [0.717, 1.165) is 30.4 Å². The first kappa shape index (κ1) is 15.1. The largest absolute Gasteiger partial charge is 0.393 e. The molecule has 1 aliphatic rings. The lowest BCUT2D eigenvalue weighted by atomic mass is 10.2. The smallest absolute Gasteiger partial charge is 0.293 e. The van der Waals surface area contributed by atoms with Crippen molar-refractivity contribution in [1.82, 2.24) is 4.72 Å². The highest BCUT2D eigenvalue weighted by Crippen LogP contribution is 2.25. The molecule has 110 valence electrons. The third-order valence-electron chi connectivity index (χ3n) is 2.99. The van der Waals surface area contributed by atoms with Crippen molar-refractivity contribution in [2.75, 3.05) is 17.2 Å². The molecule has 0 aliphatic carbocycles. The maximum Gasteiger partial charge on any atom is 0.293 e. The Kier molecular flexibility index (Phi) is 4.51. The number of nitrogens with zero attached hydrogens (tertiary/aromatic N) is 1. The summed E-state index contributed by atoms with van der Waals surface area (Å²) in [5, 5.41) is 10.8. The number of nitrogens with two attached hydrogens (primary N) is 1. The lowest BCUT2D eigenvalue weighted by Gasteiger charge is -2.22. The highest BCUT2D eigenvalue weighted by molar-refractivity contribution is 7.99. The molecule has 1 unspecified atom stereocenters. The summed E-state index contributed by atoms with van der Waals surface area (Å²) in [5.41, 5.74) is 5.01. The first-order valence-electron chi connectivity index (χ1n) is 6.04. The van der Waals surface area contributed by atoms with E-state index in [4.69, 9.17) is 5.73 Å².